The van der Waals surface area contributed by atoms with Gasteiger partial charge in [-0.2, -0.15) is 0 Å². The molecular weight excluding hydrogens is 302 g/mol. The number of carbonyl (C=O) groups is 1. The van der Waals surface area contributed by atoms with E-state index in [1.165, 1.54) is 6.20 Å². The van der Waals surface area contributed by atoms with Crippen LogP contribution in [0, 0.1) is 0 Å². The van der Waals surface area contributed by atoms with Crippen molar-refractivity contribution in [3.8, 4) is 0 Å². The van der Waals surface area contributed by atoms with Gasteiger partial charge in [-0.05, 0) is 25.0 Å². The van der Waals surface area contributed by atoms with Gasteiger partial charge in [0.15, 0.2) is 9.84 Å². The van der Waals surface area contributed by atoms with Gasteiger partial charge in [0.1, 0.15) is 5.82 Å². The number of sulfone groups is 1. The van der Waals surface area contributed by atoms with Gasteiger partial charge in [-0.3, -0.25) is 4.79 Å². The Bertz CT molecular complexity index is 599. The van der Waals surface area contributed by atoms with Crippen LogP contribution in [0.4, 0.5) is 5.82 Å². The predicted octanol–water partition coefficient (Wildman–Crippen LogP) is 1.60. The van der Waals surface area contributed by atoms with E-state index in [1.54, 1.807) is 12.1 Å². The van der Waals surface area contributed by atoms with Gasteiger partial charge >= 0.3 is 0 Å². The van der Waals surface area contributed by atoms with Gasteiger partial charge in [0.25, 0.3) is 5.91 Å². The van der Waals surface area contributed by atoms with Crippen molar-refractivity contribution in [2.45, 2.75) is 38.6 Å². The lowest BCUT2D eigenvalue weighted by molar-refractivity contribution is 0.0952. The zero-order chi connectivity index (χ0) is 16.0. The maximum atomic E-state index is 11.9. The summed E-state index contributed by atoms with van der Waals surface area (Å²) >= 11 is 0. The maximum absolute atomic E-state index is 11.9. The fourth-order valence-corrected chi connectivity index (χ4v) is 4.08. The summed E-state index contributed by atoms with van der Waals surface area (Å²) in [6, 6.07) is 3.33. The number of unbranched alkanes of at least 4 members (excludes halogenated alkanes) is 2. The van der Waals surface area contributed by atoms with E-state index in [9.17, 15) is 13.2 Å². The quantitative estimate of drug-likeness (QED) is 0.744. The van der Waals surface area contributed by atoms with Gasteiger partial charge in [-0.15, -0.1) is 0 Å². The fraction of sp³-hybridized carbons (Fsp3) is 0.600. The molecule has 122 valence electrons. The van der Waals surface area contributed by atoms with Crippen LogP contribution >= 0.6 is 0 Å². The number of nitrogens with one attached hydrogen (secondary N) is 2. The Balaban J connectivity index is 1.83. The van der Waals surface area contributed by atoms with Crippen LogP contribution in [0.2, 0.25) is 0 Å². The van der Waals surface area contributed by atoms with Crippen LogP contribution in [-0.4, -0.2) is 43.4 Å². The number of pyridine rings is 1. The lowest BCUT2D eigenvalue weighted by atomic mass is 10.2. The summed E-state index contributed by atoms with van der Waals surface area (Å²) in [7, 11) is -2.91. The Morgan fingerprint density at radius 3 is 2.77 bits per heavy atom. The van der Waals surface area contributed by atoms with Crippen molar-refractivity contribution < 1.29 is 13.2 Å². The Hall–Kier alpha value is -1.63. The number of carbonyl (C=O) groups excluding carboxylic acids is 1. The van der Waals surface area contributed by atoms with Crippen molar-refractivity contribution in [1.29, 1.82) is 0 Å². The number of hydrogen-bond donors (Lipinski definition) is 2. The van der Waals surface area contributed by atoms with E-state index in [0.717, 1.165) is 19.3 Å². The monoisotopic (exact) mass is 325 g/mol. The van der Waals surface area contributed by atoms with Crippen molar-refractivity contribution in [2.75, 3.05) is 23.4 Å². The summed E-state index contributed by atoms with van der Waals surface area (Å²) in [6.45, 7) is 2.79. The molecule has 22 heavy (non-hydrogen) atoms. The normalized spacial score (nSPS) is 19.8. The second-order valence-electron chi connectivity index (χ2n) is 5.64. The maximum Gasteiger partial charge on any atom is 0.252 e. The standard InChI is InChI=1S/C15H23N3O3S/c1-2-3-4-8-16-15(19)12-5-6-14(17-10-12)18-13-7-9-22(20,21)11-13/h5-6,10,13H,2-4,7-9,11H2,1H3,(H,16,19)(H,17,18). The average molecular weight is 325 g/mol. The van der Waals surface area contributed by atoms with Gasteiger partial charge in [-0.25, -0.2) is 13.4 Å². The molecule has 2 rings (SSSR count). The molecular formula is C15H23N3O3S. The highest BCUT2D eigenvalue weighted by Crippen LogP contribution is 2.16. The second kappa shape index (κ2) is 7.58. The van der Waals surface area contributed by atoms with E-state index in [2.05, 4.69) is 22.5 Å². The van der Waals surface area contributed by atoms with Crippen molar-refractivity contribution >= 4 is 21.6 Å². The van der Waals surface area contributed by atoms with Crippen LogP contribution in [0.1, 0.15) is 43.0 Å². The Morgan fingerprint density at radius 1 is 1.36 bits per heavy atom. The molecule has 0 aromatic carbocycles. The van der Waals surface area contributed by atoms with Gasteiger partial charge < -0.3 is 10.6 Å². The second-order valence-corrected chi connectivity index (χ2v) is 7.87. The van der Waals surface area contributed by atoms with Gasteiger partial charge in [0, 0.05) is 18.8 Å². The summed E-state index contributed by atoms with van der Waals surface area (Å²) in [6.07, 6.45) is 5.32. The number of rotatable bonds is 7. The van der Waals surface area contributed by atoms with E-state index in [-0.39, 0.29) is 23.5 Å². The molecule has 2 heterocycles. The molecule has 0 spiro atoms. The summed E-state index contributed by atoms with van der Waals surface area (Å²) in [5.74, 6) is 0.847. The highest BCUT2D eigenvalue weighted by Gasteiger charge is 2.27. The third-order valence-electron chi connectivity index (χ3n) is 3.68. The largest absolute Gasteiger partial charge is 0.366 e. The van der Waals surface area contributed by atoms with Crippen molar-refractivity contribution in [3.63, 3.8) is 0 Å². The molecule has 1 aliphatic rings. The molecule has 1 aromatic rings. The van der Waals surface area contributed by atoms with Crippen LogP contribution in [-0.2, 0) is 9.84 Å². The van der Waals surface area contributed by atoms with Gasteiger partial charge in [-0.1, -0.05) is 19.8 Å². The lowest BCUT2D eigenvalue weighted by Crippen LogP contribution is -2.25. The average Bonchev–Trinajstić information content (AvgIpc) is 2.83. The molecule has 1 atom stereocenters. The SMILES string of the molecule is CCCCCNC(=O)c1ccc(NC2CCS(=O)(=O)C2)nc1. The summed E-state index contributed by atoms with van der Waals surface area (Å²) in [5.41, 5.74) is 0.515. The first kappa shape index (κ1) is 16.7. The van der Waals surface area contributed by atoms with E-state index in [0.29, 0.717) is 24.3 Å². The van der Waals surface area contributed by atoms with Crippen LogP contribution < -0.4 is 10.6 Å². The molecule has 0 radical (unpaired) electrons. The first-order valence-corrected chi connectivity index (χ1v) is 9.53. The summed E-state index contributed by atoms with van der Waals surface area (Å²) < 4.78 is 22.8. The molecule has 1 aliphatic heterocycles. The number of nitrogens with zero attached hydrogens (tertiary/aromatic N) is 1. The summed E-state index contributed by atoms with van der Waals surface area (Å²) in [5, 5.41) is 5.96. The van der Waals surface area contributed by atoms with Crippen LogP contribution in [0.25, 0.3) is 0 Å². The van der Waals surface area contributed by atoms with Crippen molar-refractivity contribution in [3.05, 3.63) is 23.9 Å². The number of amides is 1. The first-order valence-electron chi connectivity index (χ1n) is 7.71. The van der Waals surface area contributed by atoms with E-state index >= 15 is 0 Å². The molecule has 1 amide bonds. The molecule has 0 bridgehead atoms. The highest BCUT2D eigenvalue weighted by atomic mass is 32.2. The molecule has 1 saturated heterocycles. The van der Waals surface area contributed by atoms with Crippen molar-refractivity contribution in [2.24, 2.45) is 0 Å². The zero-order valence-corrected chi connectivity index (χ0v) is 13.7. The number of anilines is 1. The summed E-state index contributed by atoms with van der Waals surface area (Å²) in [4.78, 5) is 16.1. The minimum absolute atomic E-state index is 0.0915. The Labute approximate surface area is 131 Å². The molecule has 7 heteroatoms. The molecule has 1 aromatic heterocycles. The van der Waals surface area contributed by atoms with Gasteiger partial charge in [0.2, 0.25) is 0 Å². The number of hydrogen-bond acceptors (Lipinski definition) is 5. The van der Waals surface area contributed by atoms with Crippen LogP contribution in [0.15, 0.2) is 18.3 Å². The third kappa shape index (κ3) is 4.98. The predicted molar refractivity (Wildman–Crippen MR) is 86.8 cm³/mol. The van der Waals surface area contributed by atoms with E-state index < -0.39 is 9.84 Å². The van der Waals surface area contributed by atoms with Crippen LogP contribution in [0.3, 0.4) is 0 Å². The molecule has 1 unspecified atom stereocenters. The fourth-order valence-electron chi connectivity index (χ4n) is 2.41. The Kier molecular flexibility index (Phi) is 5.76. The molecule has 6 nitrogen and oxygen atoms in total. The topological polar surface area (TPSA) is 88.2 Å². The zero-order valence-electron chi connectivity index (χ0n) is 12.8. The van der Waals surface area contributed by atoms with Gasteiger partial charge in [0.05, 0.1) is 17.1 Å². The number of aromatic nitrogens is 1. The molecule has 0 saturated carbocycles. The van der Waals surface area contributed by atoms with E-state index in [1.807, 2.05) is 0 Å². The third-order valence-corrected chi connectivity index (χ3v) is 5.44. The minimum Gasteiger partial charge on any atom is -0.366 e. The Morgan fingerprint density at radius 2 is 2.18 bits per heavy atom. The molecule has 1 fully saturated rings. The molecule has 0 aliphatic carbocycles. The smallest absolute Gasteiger partial charge is 0.252 e. The first-order chi connectivity index (χ1) is 10.5. The lowest BCUT2D eigenvalue weighted by Gasteiger charge is -2.11. The van der Waals surface area contributed by atoms with Crippen LogP contribution in [0.5, 0.6) is 0 Å². The highest BCUT2D eigenvalue weighted by molar-refractivity contribution is 7.91. The molecule has 2 N–H and O–H groups in total. The van der Waals surface area contributed by atoms with E-state index in [4.69, 9.17) is 0 Å². The van der Waals surface area contributed by atoms with Crippen molar-refractivity contribution in [1.82, 2.24) is 10.3 Å². The minimum atomic E-state index is -2.91.